The highest BCUT2D eigenvalue weighted by Gasteiger charge is 2.48. The number of nitrogens with zero attached hydrogens (tertiary/aromatic N) is 2. The van der Waals surface area contributed by atoms with E-state index in [0.717, 1.165) is 22.2 Å². The zero-order valence-electron chi connectivity index (χ0n) is 19.5. The third-order valence-corrected chi connectivity index (χ3v) is 8.06. The predicted octanol–water partition coefficient (Wildman–Crippen LogP) is 3.96. The van der Waals surface area contributed by atoms with Gasteiger partial charge in [-0.1, -0.05) is 23.2 Å². The molecule has 0 radical (unpaired) electrons. The van der Waals surface area contributed by atoms with E-state index in [4.69, 9.17) is 27.9 Å². The minimum Gasteiger partial charge on any atom is -0.497 e. The van der Waals surface area contributed by atoms with Crippen molar-refractivity contribution in [2.75, 3.05) is 33.3 Å². The summed E-state index contributed by atoms with van der Waals surface area (Å²) in [5, 5.41) is 11.5. The summed E-state index contributed by atoms with van der Waals surface area (Å²) in [5.41, 5.74) is 2.11. The average Bonchev–Trinajstić information content (AvgIpc) is 3.48. The molecule has 3 aromatic rings. The number of carboxylic acids is 1. The quantitative estimate of drug-likeness (QED) is 0.520. The minimum atomic E-state index is -0.953. The highest BCUT2D eigenvalue weighted by molar-refractivity contribution is 6.42. The molecule has 2 aromatic carbocycles. The third-order valence-electron chi connectivity index (χ3n) is 7.32. The van der Waals surface area contributed by atoms with Gasteiger partial charge in [-0.05, 0) is 47.7 Å². The number of aromatic nitrogens is 1. The van der Waals surface area contributed by atoms with Crippen LogP contribution in [0.1, 0.15) is 15.9 Å². The molecule has 3 unspecified atom stereocenters. The molecule has 0 aliphatic carbocycles. The van der Waals surface area contributed by atoms with E-state index in [9.17, 15) is 19.5 Å². The molecule has 2 aliphatic rings. The van der Waals surface area contributed by atoms with Gasteiger partial charge in [0.15, 0.2) is 0 Å². The molecule has 10 heteroatoms. The zero-order chi connectivity index (χ0) is 25.6. The van der Waals surface area contributed by atoms with Crippen LogP contribution in [0.2, 0.25) is 10.0 Å². The van der Waals surface area contributed by atoms with Gasteiger partial charge in [0, 0.05) is 54.9 Å². The smallest absolute Gasteiger partial charge is 0.308 e. The van der Waals surface area contributed by atoms with E-state index in [1.165, 1.54) is 6.07 Å². The number of H-pyrrole nitrogens is 1. The molecule has 0 bridgehead atoms. The fourth-order valence-corrected chi connectivity index (χ4v) is 5.73. The van der Waals surface area contributed by atoms with E-state index in [1.54, 1.807) is 35.2 Å². The van der Waals surface area contributed by atoms with Crippen LogP contribution in [0.5, 0.6) is 5.75 Å². The fraction of sp³-hybridized carbons (Fsp3) is 0.346. The Kier molecular flexibility index (Phi) is 6.57. The lowest BCUT2D eigenvalue weighted by atomic mass is 9.79. The number of amides is 2. The maximum absolute atomic E-state index is 13.3. The molecule has 2 amide bonds. The van der Waals surface area contributed by atoms with Crippen molar-refractivity contribution >= 4 is 51.9 Å². The van der Waals surface area contributed by atoms with Crippen molar-refractivity contribution < 1.29 is 24.2 Å². The van der Waals surface area contributed by atoms with Crippen molar-refractivity contribution in [2.45, 2.75) is 6.42 Å². The molecule has 188 valence electrons. The number of piperidine rings is 1. The molecule has 36 heavy (non-hydrogen) atoms. The number of nitrogens with one attached hydrogen (secondary N) is 1. The second kappa shape index (κ2) is 9.67. The van der Waals surface area contributed by atoms with E-state index in [1.807, 2.05) is 18.2 Å². The minimum absolute atomic E-state index is 0.122. The van der Waals surface area contributed by atoms with Gasteiger partial charge in [0.05, 0.1) is 29.5 Å². The van der Waals surface area contributed by atoms with Crippen LogP contribution in [0.15, 0.2) is 42.6 Å². The SMILES string of the molecule is COc1ccc2c(CC(=O)N3CC4CN(C(=O)c5ccc(Cl)c(Cl)c5)CC4C(C(=O)O)C3)c[nH]c2c1. The Labute approximate surface area is 217 Å². The number of ether oxygens (including phenoxy) is 1. The number of aliphatic carboxylic acids is 1. The van der Waals surface area contributed by atoms with Crippen molar-refractivity contribution in [3.8, 4) is 5.75 Å². The van der Waals surface area contributed by atoms with Crippen LogP contribution in [0.3, 0.4) is 0 Å². The summed E-state index contributed by atoms with van der Waals surface area (Å²) in [7, 11) is 1.60. The second-order valence-electron chi connectivity index (χ2n) is 9.41. The van der Waals surface area contributed by atoms with E-state index >= 15 is 0 Å². The van der Waals surface area contributed by atoms with Crippen molar-refractivity contribution in [1.82, 2.24) is 14.8 Å². The van der Waals surface area contributed by atoms with Crippen LogP contribution < -0.4 is 4.74 Å². The highest BCUT2D eigenvalue weighted by Crippen LogP contribution is 2.37. The van der Waals surface area contributed by atoms with Crippen LogP contribution in [0.25, 0.3) is 10.9 Å². The van der Waals surface area contributed by atoms with Gasteiger partial charge >= 0.3 is 5.97 Å². The average molecular weight is 530 g/mol. The largest absolute Gasteiger partial charge is 0.497 e. The monoisotopic (exact) mass is 529 g/mol. The summed E-state index contributed by atoms with van der Waals surface area (Å²) in [4.78, 5) is 45.0. The Bertz CT molecular complexity index is 1360. The number of likely N-dealkylation sites (tertiary alicyclic amines) is 2. The zero-order valence-corrected chi connectivity index (χ0v) is 21.1. The van der Waals surface area contributed by atoms with Crippen molar-refractivity contribution in [3.05, 3.63) is 63.8 Å². The lowest BCUT2D eigenvalue weighted by molar-refractivity contribution is -0.149. The summed E-state index contributed by atoms with van der Waals surface area (Å²) >= 11 is 12.1. The van der Waals surface area contributed by atoms with Gasteiger partial charge in [-0.2, -0.15) is 0 Å². The maximum Gasteiger partial charge on any atom is 0.308 e. The first kappa shape index (κ1) is 24.5. The molecule has 2 N–H and O–H groups in total. The van der Waals surface area contributed by atoms with Crippen molar-refractivity contribution in [3.63, 3.8) is 0 Å². The molecule has 1 aromatic heterocycles. The van der Waals surface area contributed by atoms with Crippen LogP contribution in [-0.4, -0.2) is 71.0 Å². The number of carbonyl (C=O) groups excluding carboxylic acids is 2. The Hall–Kier alpha value is -3.23. The molecule has 0 saturated carbocycles. The van der Waals surface area contributed by atoms with Gasteiger partial charge in [0.25, 0.3) is 5.91 Å². The normalized spacial score (nSPS) is 21.5. The Morgan fingerprint density at radius 2 is 1.81 bits per heavy atom. The third kappa shape index (κ3) is 4.51. The number of carboxylic acid groups (broad SMARTS) is 1. The molecule has 3 atom stereocenters. The number of hydrogen-bond acceptors (Lipinski definition) is 4. The van der Waals surface area contributed by atoms with Crippen molar-refractivity contribution in [1.29, 1.82) is 0 Å². The number of carbonyl (C=O) groups is 3. The Balaban J connectivity index is 1.32. The molecule has 3 heterocycles. The number of methoxy groups -OCH3 is 1. The standard InChI is InChI=1S/C26H25Cl2N3O5/c1-36-17-3-4-18-15(9-29-23(18)8-17)7-24(32)30-10-16-11-31(12-19(16)20(13-30)26(34)35)25(33)14-2-5-21(27)22(28)6-14/h2-6,8-9,16,19-20,29H,7,10-13H2,1H3,(H,34,35). The van der Waals surface area contributed by atoms with Gasteiger partial charge in [-0.3, -0.25) is 14.4 Å². The first-order valence-corrected chi connectivity index (χ1v) is 12.4. The fourth-order valence-electron chi connectivity index (χ4n) is 5.43. The van der Waals surface area contributed by atoms with Crippen LogP contribution in [0.4, 0.5) is 0 Å². The molecule has 5 rings (SSSR count). The number of fused-ring (bicyclic) bond motifs is 2. The first-order valence-electron chi connectivity index (χ1n) is 11.6. The van der Waals surface area contributed by atoms with Gasteiger partial charge in [0.2, 0.25) is 5.91 Å². The van der Waals surface area contributed by atoms with Crippen LogP contribution >= 0.6 is 23.2 Å². The van der Waals surface area contributed by atoms with E-state index in [-0.39, 0.29) is 41.6 Å². The molecule has 2 fully saturated rings. The molecule has 2 saturated heterocycles. The summed E-state index contributed by atoms with van der Waals surface area (Å²) in [6, 6.07) is 10.3. The van der Waals surface area contributed by atoms with E-state index < -0.39 is 11.9 Å². The van der Waals surface area contributed by atoms with Gasteiger partial charge in [0.1, 0.15) is 5.75 Å². The number of hydrogen-bond donors (Lipinski definition) is 2. The number of benzene rings is 2. The number of aromatic amines is 1. The second-order valence-corrected chi connectivity index (χ2v) is 10.2. The molecule has 0 spiro atoms. The number of halogens is 2. The van der Waals surface area contributed by atoms with Gasteiger partial charge < -0.3 is 24.6 Å². The van der Waals surface area contributed by atoms with Gasteiger partial charge in [-0.15, -0.1) is 0 Å². The van der Waals surface area contributed by atoms with E-state index in [0.29, 0.717) is 30.2 Å². The topological polar surface area (TPSA) is 103 Å². The number of rotatable bonds is 5. The Morgan fingerprint density at radius 3 is 2.53 bits per heavy atom. The summed E-state index contributed by atoms with van der Waals surface area (Å²) < 4.78 is 5.26. The lowest BCUT2D eigenvalue weighted by Gasteiger charge is -2.38. The van der Waals surface area contributed by atoms with Crippen LogP contribution in [0, 0.1) is 17.8 Å². The molecule has 2 aliphatic heterocycles. The lowest BCUT2D eigenvalue weighted by Crippen LogP contribution is -2.51. The molecular formula is C26H25Cl2N3O5. The summed E-state index contributed by atoms with van der Waals surface area (Å²) in [6.45, 7) is 1.24. The summed E-state index contributed by atoms with van der Waals surface area (Å²) in [5.74, 6) is -1.68. The van der Waals surface area contributed by atoms with Crippen molar-refractivity contribution in [2.24, 2.45) is 17.8 Å². The van der Waals surface area contributed by atoms with Gasteiger partial charge in [-0.25, -0.2) is 0 Å². The highest BCUT2D eigenvalue weighted by atomic mass is 35.5. The molecular weight excluding hydrogens is 505 g/mol. The maximum atomic E-state index is 13.3. The van der Waals surface area contributed by atoms with E-state index in [2.05, 4.69) is 4.98 Å². The Morgan fingerprint density at radius 1 is 1.03 bits per heavy atom. The molecule has 8 nitrogen and oxygen atoms in total. The van der Waals surface area contributed by atoms with Crippen LogP contribution in [-0.2, 0) is 16.0 Å². The predicted molar refractivity (Wildman–Crippen MR) is 136 cm³/mol. The first-order chi connectivity index (χ1) is 17.2. The summed E-state index contributed by atoms with van der Waals surface area (Å²) in [6.07, 6.45) is 1.96.